The van der Waals surface area contributed by atoms with Crippen molar-refractivity contribution in [2.45, 2.75) is 29.9 Å². The lowest BCUT2D eigenvalue weighted by Crippen LogP contribution is -2.20. The van der Waals surface area contributed by atoms with Gasteiger partial charge in [-0.2, -0.15) is 8.78 Å². The van der Waals surface area contributed by atoms with E-state index in [0.29, 0.717) is 24.1 Å². The molecular formula is C14H19F2NO3S. The summed E-state index contributed by atoms with van der Waals surface area (Å²) in [7, 11) is -4.53. The minimum absolute atomic E-state index is 0.178. The molecule has 0 radical (unpaired) electrons. The van der Waals surface area contributed by atoms with E-state index in [4.69, 9.17) is 0 Å². The van der Waals surface area contributed by atoms with Crippen LogP contribution in [0.2, 0.25) is 0 Å². The summed E-state index contributed by atoms with van der Waals surface area (Å²) < 4.78 is 47.4. The Bertz CT molecular complexity index is 560. The monoisotopic (exact) mass is 319 g/mol. The van der Waals surface area contributed by atoms with E-state index in [2.05, 4.69) is 5.32 Å². The highest BCUT2D eigenvalue weighted by Gasteiger charge is 2.27. The lowest BCUT2D eigenvalue weighted by atomic mass is 9.97. The smallest absolute Gasteiger partial charge is 0.341 e. The molecule has 0 amide bonds. The van der Waals surface area contributed by atoms with Crippen molar-refractivity contribution in [1.29, 1.82) is 0 Å². The number of alkyl halides is 2. The second kappa shape index (κ2) is 6.70. The van der Waals surface area contributed by atoms with Crippen molar-refractivity contribution in [2.75, 3.05) is 18.5 Å². The molecule has 4 nitrogen and oxygen atoms in total. The molecule has 1 aromatic rings. The summed E-state index contributed by atoms with van der Waals surface area (Å²) in [6.45, 7) is 0.865. The van der Waals surface area contributed by atoms with Crippen LogP contribution in [-0.2, 0) is 9.84 Å². The zero-order valence-electron chi connectivity index (χ0n) is 11.5. The van der Waals surface area contributed by atoms with Crippen LogP contribution in [0.5, 0.6) is 0 Å². The molecule has 118 valence electrons. The standard InChI is InChI=1S/C14H19F2NO3S/c15-14(16)21(19,20)13-6-4-12(5-7-13)17-8-10-2-1-3-11(10)9-18/h4-7,10-11,14,17-18H,1-3,8-9H2. The Morgan fingerprint density at radius 2 is 1.81 bits per heavy atom. The number of nitrogens with one attached hydrogen (secondary N) is 1. The molecule has 0 aromatic heterocycles. The van der Waals surface area contributed by atoms with Crippen molar-refractivity contribution in [3.63, 3.8) is 0 Å². The van der Waals surface area contributed by atoms with Gasteiger partial charge in [-0.25, -0.2) is 8.42 Å². The lowest BCUT2D eigenvalue weighted by molar-refractivity contribution is 0.199. The molecule has 0 aliphatic heterocycles. The summed E-state index contributed by atoms with van der Waals surface area (Å²) in [6, 6.07) is 5.33. The van der Waals surface area contributed by atoms with Gasteiger partial charge in [-0.05, 0) is 48.9 Å². The first kappa shape index (κ1) is 16.2. The Morgan fingerprint density at radius 3 is 2.38 bits per heavy atom. The fraction of sp³-hybridized carbons (Fsp3) is 0.571. The van der Waals surface area contributed by atoms with Gasteiger partial charge in [-0.3, -0.25) is 0 Å². The highest BCUT2D eigenvalue weighted by atomic mass is 32.2. The number of rotatable bonds is 6. The van der Waals surface area contributed by atoms with Crippen molar-refractivity contribution in [3.8, 4) is 0 Å². The second-order valence-electron chi connectivity index (χ2n) is 5.34. The van der Waals surface area contributed by atoms with Crippen LogP contribution in [0.1, 0.15) is 19.3 Å². The van der Waals surface area contributed by atoms with Crippen molar-refractivity contribution < 1.29 is 22.3 Å². The summed E-state index contributed by atoms with van der Waals surface area (Å²) >= 11 is 0. The fourth-order valence-electron chi connectivity index (χ4n) is 2.74. The molecule has 1 aliphatic carbocycles. The summed E-state index contributed by atoms with van der Waals surface area (Å²) in [5.41, 5.74) is 0.687. The molecule has 2 unspecified atom stereocenters. The third-order valence-corrected chi connectivity index (χ3v) is 5.44. The molecule has 1 fully saturated rings. The number of halogens is 2. The van der Waals surface area contributed by atoms with Crippen molar-refractivity contribution in [2.24, 2.45) is 11.8 Å². The van der Waals surface area contributed by atoms with Crippen LogP contribution in [-0.4, -0.2) is 32.4 Å². The number of aliphatic hydroxyl groups excluding tert-OH is 1. The first-order valence-corrected chi connectivity index (χ1v) is 8.46. The van der Waals surface area contributed by atoms with Gasteiger partial charge < -0.3 is 10.4 Å². The molecule has 1 aliphatic rings. The first-order valence-electron chi connectivity index (χ1n) is 6.92. The SMILES string of the molecule is O=S(=O)(c1ccc(NCC2CCCC2CO)cc1)C(F)F. The number of hydrogen-bond donors (Lipinski definition) is 2. The van der Waals surface area contributed by atoms with E-state index in [9.17, 15) is 22.3 Å². The van der Waals surface area contributed by atoms with E-state index in [0.717, 1.165) is 19.3 Å². The average Bonchev–Trinajstić information content (AvgIpc) is 2.92. The summed E-state index contributed by atoms with van der Waals surface area (Å²) in [5, 5.41) is 12.4. The van der Waals surface area contributed by atoms with Gasteiger partial charge in [0.05, 0.1) is 4.90 Å². The van der Waals surface area contributed by atoms with Crippen molar-refractivity contribution in [3.05, 3.63) is 24.3 Å². The van der Waals surface area contributed by atoms with Gasteiger partial charge in [-0.15, -0.1) is 0 Å². The molecule has 2 rings (SSSR count). The van der Waals surface area contributed by atoms with Gasteiger partial charge in [0.2, 0.25) is 9.84 Å². The molecule has 0 bridgehead atoms. The zero-order chi connectivity index (χ0) is 15.5. The fourth-order valence-corrected chi connectivity index (χ4v) is 3.46. The zero-order valence-corrected chi connectivity index (χ0v) is 12.3. The molecule has 0 spiro atoms. The Kier molecular flexibility index (Phi) is 5.16. The van der Waals surface area contributed by atoms with E-state index in [1.807, 2.05) is 0 Å². The number of aliphatic hydroxyl groups is 1. The quantitative estimate of drug-likeness (QED) is 0.845. The Morgan fingerprint density at radius 1 is 1.19 bits per heavy atom. The summed E-state index contributed by atoms with van der Waals surface area (Å²) in [6.07, 6.45) is 3.17. The topological polar surface area (TPSA) is 66.4 Å². The van der Waals surface area contributed by atoms with Gasteiger partial charge >= 0.3 is 5.76 Å². The highest BCUT2D eigenvalue weighted by molar-refractivity contribution is 7.91. The van der Waals surface area contributed by atoms with Gasteiger partial charge in [0, 0.05) is 18.8 Å². The largest absolute Gasteiger partial charge is 0.396 e. The lowest BCUT2D eigenvalue weighted by Gasteiger charge is -2.18. The number of sulfone groups is 1. The molecular weight excluding hydrogens is 300 g/mol. The molecule has 2 N–H and O–H groups in total. The molecule has 1 saturated carbocycles. The van der Waals surface area contributed by atoms with Crippen LogP contribution in [0.4, 0.5) is 14.5 Å². The molecule has 2 atom stereocenters. The van der Waals surface area contributed by atoms with Gasteiger partial charge in [-0.1, -0.05) is 6.42 Å². The van der Waals surface area contributed by atoms with Crippen LogP contribution in [0.25, 0.3) is 0 Å². The van der Waals surface area contributed by atoms with Crippen LogP contribution in [0, 0.1) is 11.8 Å². The minimum atomic E-state index is -4.53. The Balaban J connectivity index is 1.97. The summed E-state index contributed by atoms with van der Waals surface area (Å²) in [5.74, 6) is -2.71. The predicted octanol–water partition coefficient (Wildman–Crippen LogP) is 2.50. The maximum absolute atomic E-state index is 12.4. The van der Waals surface area contributed by atoms with E-state index >= 15 is 0 Å². The number of benzene rings is 1. The van der Waals surface area contributed by atoms with Gasteiger partial charge in [0.1, 0.15) is 0 Å². The second-order valence-corrected chi connectivity index (χ2v) is 7.26. The maximum atomic E-state index is 12.4. The van der Waals surface area contributed by atoms with Crippen LogP contribution >= 0.6 is 0 Å². The Hall–Kier alpha value is -1.21. The van der Waals surface area contributed by atoms with Crippen LogP contribution in [0.15, 0.2) is 29.2 Å². The highest BCUT2D eigenvalue weighted by Crippen LogP contribution is 2.31. The van der Waals surface area contributed by atoms with Crippen molar-refractivity contribution >= 4 is 15.5 Å². The van der Waals surface area contributed by atoms with E-state index < -0.39 is 15.6 Å². The van der Waals surface area contributed by atoms with E-state index in [1.54, 1.807) is 0 Å². The molecule has 0 heterocycles. The third-order valence-electron chi connectivity index (χ3n) is 4.04. The molecule has 21 heavy (non-hydrogen) atoms. The molecule has 0 saturated heterocycles. The predicted molar refractivity (Wildman–Crippen MR) is 76.0 cm³/mol. The Labute approximate surface area is 123 Å². The van der Waals surface area contributed by atoms with E-state index in [-0.39, 0.29) is 11.5 Å². The average molecular weight is 319 g/mol. The van der Waals surface area contributed by atoms with Crippen LogP contribution in [0.3, 0.4) is 0 Å². The molecule has 1 aromatic carbocycles. The normalized spacial score (nSPS) is 22.7. The molecule has 7 heteroatoms. The van der Waals surface area contributed by atoms with Crippen LogP contribution < -0.4 is 5.32 Å². The summed E-state index contributed by atoms with van der Waals surface area (Å²) in [4.78, 5) is -0.378. The van der Waals surface area contributed by atoms with Gasteiger partial charge in [0.25, 0.3) is 0 Å². The van der Waals surface area contributed by atoms with Crippen molar-refractivity contribution in [1.82, 2.24) is 0 Å². The third kappa shape index (κ3) is 3.71. The maximum Gasteiger partial charge on any atom is 0.341 e. The number of hydrogen-bond acceptors (Lipinski definition) is 4. The first-order chi connectivity index (χ1) is 9.95. The van der Waals surface area contributed by atoms with E-state index in [1.165, 1.54) is 24.3 Å². The minimum Gasteiger partial charge on any atom is -0.396 e. The van der Waals surface area contributed by atoms with Gasteiger partial charge in [0.15, 0.2) is 0 Å². The number of anilines is 1.